The zero-order valence-electron chi connectivity index (χ0n) is 13.6. The van der Waals surface area contributed by atoms with Gasteiger partial charge in [-0.15, -0.1) is 0 Å². The first-order chi connectivity index (χ1) is 9.90. The molecule has 0 aliphatic rings. The van der Waals surface area contributed by atoms with Crippen LogP contribution in [0.15, 0.2) is 24.3 Å². The number of hydrogen-bond acceptors (Lipinski definition) is 2. The van der Waals surface area contributed by atoms with Gasteiger partial charge in [0.05, 0.1) is 0 Å². The molecule has 0 radical (unpaired) electrons. The Morgan fingerprint density at radius 3 is 2.19 bits per heavy atom. The Kier molecular flexibility index (Phi) is 7.13. The molecule has 1 aromatic carbocycles. The molecule has 0 bridgehead atoms. The highest BCUT2D eigenvalue weighted by molar-refractivity contribution is 5.97. The Morgan fingerprint density at radius 1 is 1.05 bits per heavy atom. The molecule has 1 aromatic rings. The van der Waals surface area contributed by atoms with E-state index < -0.39 is 0 Å². The summed E-state index contributed by atoms with van der Waals surface area (Å²) in [6.45, 7) is 8.70. The number of carbonyl (C=O) groups excluding carboxylic acids is 2. The number of Topliss-reactive ketones (excluding diaryl/α,β-unsaturated/α-hetero) is 1. The highest BCUT2D eigenvalue weighted by Gasteiger charge is 2.09. The first kappa shape index (κ1) is 17.4. The molecule has 3 heteroatoms. The number of benzene rings is 1. The molecule has 1 N–H and O–H groups in total. The van der Waals surface area contributed by atoms with Crippen molar-refractivity contribution in [3.8, 4) is 0 Å². The summed E-state index contributed by atoms with van der Waals surface area (Å²) in [6, 6.07) is 7.68. The van der Waals surface area contributed by atoms with E-state index in [9.17, 15) is 9.59 Å². The van der Waals surface area contributed by atoms with Gasteiger partial charge in [-0.3, -0.25) is 9.59 Å². The summed E-state index contributed by atoms with van der Waals surface area (Å²) in [7, 11) is 0. The van der Waals surface area contributed by atoms with E-state index >= 15 is 0 Å². The van der Waals surface area contributed by atoms with Crippen LogP contribution in [0.3, 0.4) is 0 Å². The molecule has 0 aliphatic heterocycles. The molecule has 0 atom stereocenters. The van der Waals surface area contributed by atoms with Gasteiger partial charge in [0.25, 0.3) is 0 Å². The molecule has 0 saturated carbocycles. The molecular formula is C18H27NO2. The van der Waals surface area contributed by atoms with Crippen LogP contribution in [-0.2, 0) is 11.2 Å². The Bertz CT molecular complexity index is 461. The monoisotopic (exact) mass is 289 g/mol. The number of rotatable bonds is 8. The van der Waals surface area contributed by atoms with Gasteiger partial charge >= 0.3 is 0 Å². The van der Waals surface area contributed by atoms with Crippen molar-refractivity contribution in [1.29, 1.82) is 0 Å². The van der Waals surface area contributed by atoms with E-state index in [4.69, 9.17) is 0 Å². The summed E-state index contributed by atoms with van der Waals surface area (Å²) in [5, 5.41) is 2.94. The summed E-state index contributed by atoms with van der Waals surface area (Å²) in [5.41, 5.74) is 1.90. The first-order valence-electron chi connectivity index (χ1n) is 7.80. The zero-order chi connectivity index (χ0) is 15.8. The quantitative estimate of drug-likeness (QED) is 0.743. The predicted octanol–water partition coefficient (Wildman–Crippen LogP) is 3.62. The fraction of sp³-hybridized carbons (Fsp3) is 0.556. The van der Waals surface area contributed by atoms with Crippen LogP contribution in [0.25, 0.3) is 0 Å². The highest BCUT2D eigenvalue weighted by atomic mass is 16.1. The molecule has 1 rings (SSSR count). The van der Waals surface area contributed by atoms with Gasteiger partial charge in [0.15, 0.2) is 5.78 Å². The van der Waals surface area contributed by atoms with Gasteiger partial charge in [-0.1, -0.05) is 52.0 Å². The Morgan fingerprint density at radius 2 is 1.67 bits per heavy atom. The summed E-state index contributed by atoms with van der Waals surface area (Å²) < 4.78 is 0. The highest BCUT2D eigenvalue weighted by Crippen LogP contribution is 2.10. The minimum atomic E-state index is 0.0242. The van der Waals surface area contributed by atoms with Gasteiger partial charge in [0.2, 0.25) is 5.91 Å². The standard InChI is InChI=1S/C18H27NO2/c1-13(2)5-10-17(20)19-12-11-15-6-8-16(9-7-15)18(21)14(3)4/h6-9,13-14H,5,10-12H2,1-4H3,(H,19,20). The van der Waals surface area contributed by atoms with Crippen LogP contribution in [0.4, 0.5) is 0 Å². The molecule has 0 unspecified atom stereocenters. The lowest BCUT2D eigenvalue weighted by Crippen LogP contribution is -2.25. The smallest absolute Gasteiger partial charge is 0.220 e. The molecular weight excluding hydrogens is 262 g/mol. The SMILES string of the molecule is CC(C)CCC(=O)NCCc1ccc(C(=O)C(C)C)cc1. The minimum Gasteiger partial charge on any atom is -0.356 e. The summed E-state index contributed by atoms with van der Waals surface area (Å²) in [6.07, 6.45) is 2.32. The minimum absolute atomic E-state index is 0.0242. The first-order valence-corrected chi connectivity index (χ1v) is 7.80. The van der Waals surface area contributed by atoms with E-state index in [0.717, 1.165) is 24.0 Å². The van der Waals surface area contributed by atoms with Crippen LogP contribution in [0.1, 0.15) is 56.5 Å². The molecule has 1 amide bonds. The fourth-order valence-electron chi connectivity index (χ4n) is 2.02. The molecule has 0 fully saturated rings. The van der Waals surface area contributed by atoms with Crippen molar-refractivity contribution in [1.82, 2.24) is 5.32 Å². The van der Waals surface area contributed by atoms with Gasteiger partial charge in [-0.25, -0.2) is 0 Å². The maximum absolute atomic E-state index is 11.8. The summed E-state index contributed by atoms with van der Waals surface area (Å²) in [4.78, 5) is 23.4. The Hall–Kier alpha value is -1.64. The number of amides is 1. The lowest BCUT2D eigenvalue weighted by molar-refractivity contribution is -0.121. The number of hydrogen-bond donors (Lipinski definition) is 1. The maximum atomic E-state index is 11.8. The topological polar surface area (TPSA) is 46.2 Å². The van der Waals surface area contributed by atoms with E-state index in [-0.39, 0.29) is 17.6 Å². The number of nitrogens with one attached hydrogen (secondary N) is 1. The Balaban J connectivity index is 2.36. The molecule has 0 spiro atoms. The van der Waals surface area contributed by atoms with E-state index in [2.05, 4.69) is 19.2 Å². The third kappa shape index (κ3) is 6.56. The van der Waals surface area contributed by atoms with Crippen molar-refractivity contribution in [3.05, 3.63) is 35.4 Å². The van der Waals surface area contributed by atoms with Crippen molar-refractivity contribution in [2.45, 2.75) is 47.0 Å². The van der Waals surface area contributed by atoms with Gasteiger partial charge in [-0.05, 0) is 24.3 Å². The summed E-state index contributed by atoms with van der Waals surface area (Å²) >= 11 is 0. The van der Waals surface area contributed by atoms with E-state index in [0.29, 0.717) is 18.9 Å². The van der Waals surface area contributed by atoms with Crippen molar-refractivity contribution in [2.24, 2.45) is 11.8 Å². The second kappa shape index (κ2) is 8.60. The molecule has 21 heavy (non-hydrogen) atoms. The second-order valence-corrected chi connectivity index (χ2v) is 6.25. The molecule has 0 saturated heterocycles. The van der Waals surface area contributed by atoms with Crippen LogP contribution in [0.2, 0.25) is 0 Å². The largest absolute Gasteiger partial charge is 0.356 e. The molecule has 0 aromatic heterocycles. The Labute approximate surface area is 128 Å². The molecule has 3 nitrogen and oxygen atoms in total. The summed E-state index contributed by atoms with van der Waals surface area (Å²) in [5.74, 6) is 0.872. The molecule has 116 valence electrons. The van der Waals surface area contributed by atoms with Gasteiger partial charge in [-0.2, -0.15) is 0 Å². The normalized spacial score (nSPS) is 11.0. The van der Waals surface area contributed by atoms with Crippen molar-refractivity contribution in [2.75, 3.05) is 6.54 Å². The third-order valence-corrected chi connectivity index (χ3v) is 3.45. The number of ketones is 1. The van der Waals surface area contributed by atoms with Crippen molar-refractivity contribution in [3.63, 3.8) is 0 Å². The number of carbonyl (C=O) groups is 2. The predicted molar refractivity (Wildman–Crippen MR) is 86.4 cm³/mol. The average molecular weight is 289 g/mol. The van der Waals surface area contributed by atoms with Gasteiger partial charge in [0.1, 0.15) is 0 Å². The lowest BCUT2D eigenvalue weighted by atomic mass is 9.99. The second-order valence-electron chi connectivity index (χ2n) is 6.25. The van der Waals surface area contributed by atoms with Gasteiger partial charge < -0.3 is 5.32 Å². The van der Waals surface area contributed by atoms with Crippen LogP contribution >= 0.6 is 0 Å². The van der Waals surface area contributed by atoms with Crippen LogP contribution in [0, 0.1) is 11.8 Å². The zero-order valence-corrected chi connectivity index (χ0v) is 13.6. The van der Waals surface area contributed by atoms with Crippen LogP contribution < -0.4 is 5.32 Å². The fourth-order valence-corrected chi connectivity index (χ4v) is 2.02. The lowest BCUT2D eigenvalue weighted by Gasteiger charge is -2.08. The van der Waals surface area contributed by atoms with E-state index in [1.807, 2.05) is 38.1 Å². The van der Waals surface area contributed by atoms with Crippen LogP contribution in [0.5, 0.6) is 0 Å². The van der Waals surface area contributed by atoms with E-state index in [1.54, 1.807) is 0 Å². The molecule has 0 aliphatic carbocycles. The van der Waals surface area contributed by atoms with Crippen LogP contribution in [-0.4, -0.2) is 18.2 Å². The maximum Gasteiger partial charge on any atom is 0.220 e. The van der Waals surface area contributed by atoms with Crippen molar-refractivity contribution >= 4 is 11.7 Å². The van der Waals surface area contributed by atoms with Crippen molar-refractivity contribution < 1.29 is 9.59 Å². The molecule has 0 heterocycles. The van der Waals surface area contributed by atoms with Gasteiger partial charge in [0, 0.05) is 24.4 Å². The average Bonchev–Trinajstić information content (AvgIpc) is 2.45. The van der Waals surface area contributed by atoms with E-state index in [1.165, 1.54) is 0 Å². The third-order valence-electron chi connectivity index (χ3n) is 3.45.